The maximum atomic E-state index is 12.3. The summed E-state index contributed by atoms with van der Waals surface area (Å²) in [7, 11) is 2.52. The maximum absolute atomic E-state index is 12.3. The second-order valence-corrected chi connectivity index (χ2v) is 5.14. The molecule has 1 aliphatic rings. The molecule has 0 bridgehead atoms. The maximum Gasteiger partial charge on any atom is 0.329 e. The molecule has 1 aliphatic heterocycles. The Balaban J connectivity index is 2.30. The summed E-state index contributed by atoms with van der Waals surface area (Å²) in [5, 5.41) is 0. The Morgan fingerprint density at radius 2 is 1.77 bits per heavy atom. The zero-order valence-electron chi connectivity index (χ0n) is 12.7. The highest BCUT2D eigenvalue weighted by Gasteiger charge is 2.45. The first-order valence-corrected chi connectivity index (χ1v) is 7.07. The second kappa shape index (κ2) is 7.06. The minimum Gasteiger partial charge on any atom is -0.469 e. The molecular weight excluding hydrogens is 286 g/mol. The fraction of sp³-hybridized carbons (Fsp3) is 0.438. The lowest BCUT2D eigenvalue weighted by molar-refractivity contribution is -0.167. The van der Waals surface area contributed by atoms with Gasteiger partial charge in [-0.3, -0.25) is 9.59 Å². The quantitative estimate of drug-likeness (QED) is 0.780. The van der Waals surface area contributed by atoms with Gasteiger partial charge in [-0.1, -0.05) is 30.3 Å². The van der Waals surface area contributed by atoms with Crippen LogP contribution in [0.5, 0.6) is 0 Å². The van der Waals surface area contributed by atoms with Crippen molar-refractivity contribution in [2.24, 2.45) is 5.92 Å². The molecule has 0 radical (unpaired) electrons. The van der Waals surface area contributed by atoms with E-state index in [4.69, 9.17) is 9.47 Å². The number of piperidine rings is 1. The normalized spacial score (nSPS) is 21.4. The first kappa shape index (κ1) is 16.0. The zero-order valence-corrected chi connectivity index (χ0v) is 12.7. The molecular formula is C16H19NO5. The van der Waals surface area contributed by atoms with Gasteiger partial charge in [0, 0.05) is 13.0 Å². The molecule has 6 heteroatoms. The standard InChI is InChI=1S/C16H19NO5/c1-21-15(19)12-8-9-13(18)17(14(12)16(20)22-2)10-11-6-4-3-5-7-11/h3-7,12,14H,8-10H2,1-2H3/t12-,14+/m1/s1. The van der Waals surface area contributed by atoms with Crippen molar-refractivity contribution in [1.82, 2.24) is 4.90 Å². The van der Waals surface area contributed by atoms with Gasteiger partial charge in [0.2, 0.25) is 5.91 Å². The van der Waals surface area contributed by atoms with E-state index in [-0.39, 0.29) is 25.3 Å². The summed E-state index contributed by atoms with van der Waals surface area (Å²) in [5.41, 5.74) is 0.885. The van der Waals surface area contributed by atoms with Crippen LogP contribution in [0.2, 0.25) is 0 Å². The molecule has 0 aromatic heterocycles. The Morgan fingerprint density at radius 3 is 2.36 bits per heavy atom. The number of benzene rings is 1. The van der Waals surface area contributed by atoms with Crippen molar-refractivity contribution in [3.8, 4) is 0 Å². The first-order chi connectivity index (χ1) is 10.6. The Hall–Kier alpha value is -2.37. The van der Waals surface area contributed by atoms with E-state index in [0.717, 1.165) is 5.56 Å². The highest BCUT2D eigenvalue weighted by molar-refractivity contribution is 5.91. The minimum absolute atomic E-state index is 0.167. The summed E-state index contributed by atoms with van der Waals surface area (Å²) in [5.74, 6) is -1.96. The molecule has 2 rings (SSSR count). The Labute approximate surface area is 129 Å². The summed E-state index contributed by atoms with van der Waals surface area (Å²) in [6, 6.07) is 8.37. The van der Waals surface area contributed by atoms with Crippen LogP contribution in [0.3, 0.4) is 0 Å². The second-order valence-electron chi connectivity index (χ2n) is 5.14. The van der Waals surface area contributed by atoms with Crippen molar-refractivity contribution in [2.75, 3.05) is 14.2 Å². The molecule has 1 aromatic carbocycles. The molecule has 0 spiro atoms. The summed E-state index contributed by atoms with van der Waals surface area (Å²) in [6.07, 6.45) is 0.497. The molecule has 6 nitrogen and oxygen atoms in total. The largest absolute Gasteiger partial charge is 0.469 e. The van der Waals surface area contributed by atoms with Crippen LogP contribution in [0.15, 0.2) is 30.3 Å². The van der Waals surface area contributed by atoms with E-state index in [9.17, 15) is 14.4 Å². The average molecular weight is 305 g/mol. The highest BCUT2D eigenvalue weighted by atomic mass is 16.5. The van der Waals surface area contributed by atoms with Gasteiger partial charge >= 0.3 is 11.9 Å². The van der Waals surface area contributed by atoms with Crippen LogP contribution in [0.1, 0.15) is 18.4 Å². The van der Waals surface area contributed by atoms with Crippen LogP contribution in [0.25, 0.3) is 0 Å². The van der Waals surface area contributed by atoms with E-state index >= 15 is 0 Å². The smallest absolute Gasteiger partial charge is 0.329 e. The molecule has 1 heterocycles. The molecule has 0 saturated carbocycles. The molecule has 0 unspecified atom stereocenters. The Kier molecular flexibility index (Phi) is 5.14. The van der Waals surface area contributed by atoms with Gasteiger partial charge in [0.1, 0.15) is 6.04 Å². The molecule has 0 aliphatic carbocycles. The van der Waals surface area contributed by atoms with Crippen molar-refractivity contribution in [3.63, 3.8) is 0 Å². The van der Waals surface area contributed by atoms with Crippen LogP contribution in [0, 0.1) is 5.92 Å². The van der Waals surface area contributed by atoms with Crippen molar-refractivity contribution < 1.29 is 23.9 Å². The van der Waals surface area contributed by atoms with Crippen LogP contribution in [-0.4, -0.2) is 43.0 Å². The van der Waals surface area contributed by atoms with Crippen molar-refractivity contribution >= 4 is 17.8 Å². The summed E-state index contributed by atoms with van der Waals surface area (Å²) < 4.78 is 9.55. The highest BCUT2D eigenvalue weighted by Crippen LogP contribution is 2.28. The lowest BCUT2D eigenvalue weighted by Gasteiger charge is -2.38. The van der Waals surface area contributed by atoms with E-state index in [0.29, 0.717) is 0 Å². The number of nitrogens with zero attached hydrogens (tertiary/aromatic N) is 1. The van der Waals surface area contributed by atoms with Gasteiger partial charge in [-0.15, -0.1) is 0 Å². The summed E-state index contributed by atoms with van der Waals surface area (Å²) in [4.78, 5) is 37.7. The molecule has 2 atom stereocenters. The minimum atomic E-state index is -0.945. The number of methoxy groups -OCH3 is 2. The lowest BCUT2D eigenvalue weighted by atomic mass is 9.88. The van der Waals surface area contributed by atoms with E-state index in [1.54, 1.807) is 0 Å². The Morgan fingerprint density at radius 1 is 1.14 bits per heavy atom. The number of ether oxygens (including phenoxy) is 2. The monoisotopic (exact) mass is 305 g/mol. The van der Waals surface area contributed by atoms with Crippen molar-refractivity contribution in [1.29, 1.82) is 0 Å². The number of likely N-dealkylation sites (tertiary alicyclic amines) is 1. The van der Waals surface area contributed by atoms with E-state index < -0.39 is 23.9 Å². The molecule has 1 fully saturated rings. The Bertz CT molecular complexity index is 557. The third kappa shape index (κ3) is 3.27. The van der Waals surface area contributed by atoms with Crippen LogP contribution in [0.4, 0.5) is 0 Å². The van der Waals surface area contributed by atoms with Crippen molar-refractivity contribution in [3.05, 3.63) is 35.9 Å². The summed E-state index contributed by atoms with van der Waals surface area (Å²) >= 11 is 0. The third-order valence-electron chi connectivity index (χ3n) is 3.85. The number of rotatable bonds is 4. The van der Waals surface area contributed by atoms with Crippen LogP contribution < -0.4 is 0 Å². The molecule has 1 amide bonds. The fourth-order valence-corrected chi connectivity index (χ4v) is 2.73. The van der Waals surface area contributed by atoms with Gasteiger partial charge in [-0.25, -0.2) is 4.79 Å². The topological polar surface area (TPSA) is 72.9 Å². The van der Waals surface area contributed by atoms with Crippen molar-refractivity contribution in [2.45, 2.75) is 25.4 Å². The predicted molar refractivity (Wildman–Crippen MR) is 77.5 cm³/mol. The molecule has 118 valence electrons. The third-order valence-corrected chi connectivity index (χ3v) is 3.85. The number of carbonyl (C=O) groups excluding carboxylic acids is 3. The predicted octanol–water partition coefficient (Wildman–Crippen LogP) is 1.14. The van der Waals surface area contributed by atoms with Crippen LogP contribution >= 0.6 is 0 Å². The van der Waals surface area contributed by atoms with E-state index in [1.807, 2.05) is 30.3 Å². The average Bonchev–Trinajstić information content (AvgIpc) is 2.56. The van der Waals surface area contributed by atoms with Gasteiger partial charge < -0.3 is 14.4 Å². The lowest BCUT2D eigenvalue weighted by Crippen LogP contribution is -2.55. The van der Waals surface area contributed by atoms with Gasteiger partial charge in [0.05, 0.1) is 20.1 Å². The summed E-state index contributed by atoms with van der Waals surface area (Å²) in [6.45, 7) is 0.257. The number of carbonyl (C=O) groups is 3. The number of amides is 1. The van der Waals surface area contributed by atoms with Gasteiger partial charge in [-0.2, -0.15) is 0 Å². The zero-order chi connectivity index (χ0) is 16.1. The number of esters is 2. The molecule has 0 N–H and O–H groups in total. The van der Waals surface area contributed by atoms with E-state index in [2.05, 4.69) is 0 Å². The number of hydrogen-bond acceptors (Lipinski definition) is 5. The van der Waals surface area contributed by atoms with Crippen LogP contribution in [-0.2, 0) is 30.4 Å². The molecule has 1 aromatic rings. The fourth-order valence-electron chi connectivity index (χ4n) is 2.73. The number of hydrogen-bond donors (Lipinski definition) is 0. The SMILES string of the molecule is COC(=O)[C@@H]1[C@H](C(=O)OC)CCC(=O)N1Cc1ccccc1. The van der Waals surface area contributed by atoms with Gasteiger partial charge in [0.25, 0.3) is 0 Å². The first-order valence-electron chi connectivity index (χ1n) is 7.07. The molecule has 1 saturated heterocycles. The van der Waals surface area contributed by atoms with Gasteiger partial charge in [-0.05, 0) is 12.0 Å². The van der Waals surface area contributed by atoms with Gasteiger partial charge in [0.15, 0.2) is 0 Å². The van der Waals surface area contributed by atoms with E-state index in [1.165, 1.54) is 19.1 Å². The molecule has 22 heavy (non-hydrogen) atoms.